The average Bonchev–Trinajstić information content (AvgIpc) is 2.76. The number of rotatable bonds is 6. The van der Waals surface area contributed by atoms with E-state index in [1.165, 1.54) is 32.2 Å². The summed E-state index contributed by atoms with van der Waals surface area (Å²) in [6, 6.07) is 6.73. The predicted molar refractivity (Wildman–Crippen MR) is 121 cm³/mol. The molecule has 0 spiro atoms. The number of piperidine rings is 1. The standard InChI is InChI=1S/C22H32N4O2S/c1-2-17-6-3-4-9-24(17)10-5-11-26-21(27)19-16-18(25-12-14-28-15-13-25)7-8-20(19)23-22(26)29/h7-8,16-17H,2-6,9-15H2,1H3,(H,23,29)/t17-/m1/s1. The quantitative estimate of drug-likeness (QED) is 0.730. The maximum atomic E-state index is 13.2. The van der Waals surface area contributed by atoms with Crippen molar-refractivity contribution in [3.05, 3.63) is 33.3 Å². The van der Waals surface area contributed by atoms with Crippen molar-refractivity contribution < 1.29 is 4.74 Å². The molecule has 0 unspecified atom stereocenters. The predicted octanol–water partition coefficient (Wildman–Crippen LogP) is 3.55. The van der Waals surface area contributed by atoms with Crippen molar-refractivity contribution in [3.63, 3.8) is 0 Å². The van der Waals surface area contributed by atoms with Crippen LogP contribution >= 0.6 is 12.2 Å². The van der Waals surface area contributed by atoms with Gasteiger partial charge in [0.05, 0.1) is 24.1 Å². The van der Waals surface area contributed by atoms with Crippen molar-refractivity contribution >= 4 is 28.8 Å². The number of aromatic nitrogens is 2. The number of likely N-dealkylation sites (tertiary alicyclic amines) is 1. The number of aromatic amines is 1. The summed E-state index contributed by atoms with van der Waals surface area (Å²) in [5, 5.41) is 0.715. The number of nitrogens with zero attached hydrogens (tertiary/aromatic N) is 3. The van der Waals surface area contributed by atoms with Gasteiger partial charge in [-0.3, -0.25) is 9.36 Å². The topological polar surface area (TPSA) is 53.5 Å². The molecule has 1 N–H and O–H groups in total. The lowest BCUT2D eigenvalue weighted by molar-refractivity contribution is 0.122. The molecule has 6 nitrogen and oxygen atoms in total. The zero-order valence-corrected chi connectivity index (χ0v) is 18.2. The number of hydrogen-bond donors (Lipinski definition) is 1. The highest BCUT2D eigenvalue weighted by Gasteiger charge is 2.20. The monoisotopic (exact) mass is 416 g/mol. The number of nitrogens with one attached hydrogen (secondary N) is 1. The van der Waals surface area contributed by atoms with E-state index in [9.17, 15) is 4.79 Å². The van der Waals surface area contributed by atoms with Crippen LogP contribution in [0.5, 0.6) is 0 Å². The average molecular weight is 417 g/mol. The number of fused-ring (bicyclic) bond motifs is 1. The van der Waals surface area contributed by atoms with E-state index in [4.69, 9.17) is 17.0 Å². The fourth-order valence-electron chi connectivity index (χ4n) is 4.71. The van der Waals surface area contributed by atoms with Gasteiger partial charge in [0, 0.05) is 37.9 Å². The van der Waals surface area contributed by atoms with E-state index in [1.807, 2.05) is 12.1 Å². The van der Waals surface area contributed by atoms with Crippen LogP contribution in [0.1, 0.15) is 39.0 Å². The molecule has 158 valence electrons. The summed E-state index contributed by atoms with van der Waals surface area (Å²) >= 11 is 5.51. The van der Waals surface area contributed by atoms with Crippen molar-refractivity contribution in [1.29, 1.82) is 0 Å². The van der Waals surface area contributed by atoms with Crippen LogP contribution in [0.2, 0.25) is 0 Å². The molecule has 7 heteroatoms. The van der Waals surface area contributed by atoms with Gasteiger partial charge < -0.3 is 19.5 Å². The molecule has 0 amide bonds. The molecule has 2 aliphatic heterocycles. The van der Waals surface area contributed by atoms with E-state index < -0.39 is 0 Å². The van der Waals surface area contributed by atoms with Crippen LogP contribution in [0.15, 0.2) is 23.0 Å². The summed E-state index contributed by atoms with van der Waals surface area (Å²) in [5.74, 6) is 0. The Morgan fingerprint density at radius 2 is 2.00 bits per heavy atom. The van der Waals surface area contributed by atoms with Crippen LogP contribution < -0.4 is 10.5 Å². The van der Waals surface area contributed by atoms with Gasteiger partial charge in [0.15, 0.2) is 4.77 Å². The molecule has 29 heavy (non-hydrogen) atoms. The summed E-state index contributed by atoms with van der Waals surface area (Å²) in [6.07, 6.45) is 6.09. The maximum absolute atomic E-state index is 13.2. The minimum atomic E-state index is 0.0181. The number of hydrogen-bond acceptors (Lipinski definition) is 5. The molecular weight excluding hydrogens is 384 g/mol. The van der Waals surface area contributed by atoms with Crippen molar-refractivity contribution in [3.8, 4) is 0 Å². The lowest BCUT2D eigenvalue weighted by Gasteiger charge is -2.35. The first-order chi connectivity index (χ1) is 14.2. The van der Waals surface area contributed by atoms with E-state index in [1.54, 1.807) is 4.57 Å². The Kier molecular flexibility index (Phi) is 6.67. The van der Waals surface area contributed by atoms with Gasteiger partial charge in [-0.05, 0) is 62.6 Å². The Bertz CT molecular complexity index is 948. The van der Waals surface area contributed by atoms with E-state index in [0.29, 0.717) is 22.7 Å². The minimum Gasteiger partial charge on any atom is -0.378 e. The van der Waals surface area contributed by atoms with Gasteiger partial charge in [-0.25, -0.2) is 0 Å². The summed E-state index contributed by atoms with van der Waals surface area (Å²) < 4.78 is 7.71. The molecule has 0 aliphatic carbocycles. The van der Waals surface area contributed by atoms with Crippen LogP contribution in [-0.4, -0.2) is 59.9 Å². The van der Waals surface area contributed by atoms with Crippen molar-refractivity contribution in [2.24, 2.45) is 0 Å². The van der Waals surface area contributed by atoms with Gasteiger partial charge in [-0.15, -0.1) is 0 Å². The maximum Gasteiger partial charge on any atom is 0.262 e. The van der Waals surface area contributed by atoms with Crippen LogP contribution in [-0.2, 0) is 11.3 Å². The summed E-state index contributed by atoms with van der Waals surface area (Å²) in [4.78, 5) is 21.3. The van der Waals surface area contributed by atoms with Gasteiger partial charge in [0.25, 0.3) is 5.56 Å². The fraction of sp³-hybridized carbons (Fsp3) is 0.636. The largest absolute Gasteiger partial charge is 0.378 e. The lowest BCUT2D eigenvalue weighted by atomic mass is 10.00. The highest BCUT2D eigenvalue weighted by molar-refractivity contribution is 7.71. The summed E-state index contributed by atoms with van der Waals surface area (Å²) in [5.41, 5.74) is 1.91. The zero-order valence-electron chi connectivity index (χ0n) is 17.4. The Labute approximate surface area is 177 Å². The van der Waals surface area contributed by atoms with Gasteiger partial charge >= 0.3 is 0 Å². The van der Waals surface area contributed by atoms with Crippen LogP contribution in [0, 0.1) is 4.77 Å². The van der Waals surface area contributed by atoms with Crippen LogP contribution in [0.25, 0.3) is 10.9 Å². The molecule has 1 aromatic heterocycles. The van der Waals surface area contributed by atoms with Crippen molar-refractivity contribution in [1.82, 2.24) is 14.5 Å². The van der Waals surface area contributed by atoms with Gasteiger partial charge in [-0.1, -0.05) is 13.3 Å². The second kappa shape index (κ2) is 9.41. The molecule has 0 saturated carbocycles. The second-order valence-corrected chi connectivity index (χ2v) is 8.55. The van der Waals surface area contributed by atoms with E-state index in [0.717, 1.165) is 50.5 Å². The van der Waals surface area contributed by atoms with Crippen molar-refractivity contribution in [2.45, 2.75) is 51.6 Å². The Morgan fingerprint density at radius 1 is 1.17 bits per heavy atom. The third-order valence-electron chi connectivity index (χ3n) is 6.39. The number of morpholine rings is 1. The molecule has 2 aliphatic rings. The van der Waals surface area contributed by atoms with E-state index >= 15 is 0 Å². The number of ether oxygens (including phenoxy) is 1. The molecule has 0 bridgehead atoms. The van der Waals surface area contributed by atoms with Gasteiger partial charge in [-0.2, -0.15) is 0 Å². The van der Waals surface area contributed by atoms with Crippen LogP contribution in [0.3, 0.4) is 0 Å². The smallest absolute Gasteiger partial charge is 0.262 e. The number of benzene rings is 1. The zero-order chi connectivity index (χ0) is 20.2. The third kappa shape index (κ3) is 4.57. The molecule has 2 fully saturated rings. The Hall–Kier alpha value is -1.70. The molecule has 3 heterocycles. The molecule has 1 atom stereocenters. The van der Waals surface area contributed by atoms with Crippen molar-refractivity contribution in [2.75, 3.05) is 44.3 Å². The Balaban J connectivity index is 1.52. The summed E-state index contributed by atoms with van der Waals surface area (Å²) in [7, 11) is 0. The van der Waals surface area contributed by atoms with E-state index in [2.05, 4.69) is 27.8 Å². The lowest BCUT2D eigenvalue weighted by Crippen LogP contribution is -2.40. The molecule has 2 saturated heterocycles. The first-order valence-electron chi connectivity index (χ1n) is 11.0. The molecular formula is C22H32N4O2S. The third-order valence-corrected chi connectivity index (χ3v) is 6.71. The van der Waals surface area contributed by atoms with E-state index in [-0.39, 0.29) is 5.56 Å². The molecule has 4 rings (SSSR count). The molecule has 2 aromatic rings. The second-order valence-electron chi connectivity index (χ2n) is 8.16. The van der Waals surface area contributed by atoms with Gasteiger partial charge in [0.2, 0.25) is 0 Å². The molecule has 0 radical (unpaired) electrons. The van der Waals surface area contributed by atoms with Crippen LogP contribution in [0.4, 0.5) is 5.69 Å². The number of H-pyrrole nitrogens is 1. The fourth-order valence-corrected chi connectivity index (χ4v) is 4.99. The SMILES string of the molecule is CC[C@@H]1CCCCN1CCCn1c(=S)[nH]c2ccc(N3CCOCC3)cc2c1=O. The minimum absolute atomic E-state index is 0.0181. The van der Waals surface area contributed by atoms with Gasteiger partial charge in [0.1, 0.15) is 0 Å². The highest BCUT2D eigenvalue weighted by Crippen LogP contribution is 2.21. The normalized spacial score (nSPS) is 21.0. The first kappa shape index (κ1) is 20.6. The first-order valence-corrected chi connectivity index (χ1v) is 11.4. The molecule has 1 aromatic carbocycles. The number of anilines is 1. The Morgan fingerprint density at radius 3 is 2.79 bits per heavy atom. The summed E-state index contributed by atoms with van der Waals surface area (Å²) in [6.45, 7) is 8.34. The highest BCUT2D eigenvalue weighted by atomic mass is 32.1.